The summed E-state index contributed by atoms with van der Waals surface area (Å²) in [5.41, 5.74) is 4.70. The summed E-state index contributed by atoms with van der Waals surface area (Å²) in [4.78, 5) is 4.41. The van der Waals surface area contributed by atoms with Crippen LogP contribution in [-0.2, 0) is 6.42 Å². The van der Waals surface area contributed by atoms with Crippen molar-refractivity contribution in [2.45, 2.75) is 19.5 Å². The van der Waals surface area contributed by atoms with E-state index < -0.39 is 12.8 Å². The van der Waals surface area contributed by atoms with E-state index in [4.69, 9.17) is 21.1 Å². The van der Waals surface area contributed by atoms with Gasteiger partial charge in [-0.15, -0.1) is 0 Å². The number of anilines is 1. The number of benzene rings is 2. The molecule has 0 saturated heterocycles. The molecule has 0 fully saturated rings. The van der Waals surface area contributed by atoms with E-state index in [9.17, 15) is 13.2 Å². The van der Waals surface area contributed by atoms with E-state index in [1.54, 1.807) is 13.2 Å². The zero-order chi connectivity index (χ0) is 20.8. The summed E-state index contributed by atoms with van der Waals surface area (Å²) < 4.78 is 48.5. The van der Waals surface area contributed by atoms with Crippen LogP contribution in [0.2, 0.25) is 5.15 Å². The summed E-state index contributed by atoms with van der Waals surface area (Å²) in [6.45, 7) is 1.24. The normalized spacial score (nSPS) is 13.3. The van der Waals surface area contributed by atoms with Crippen molar-refractivity contribution in [3.8, 4) is 22.6 Å². The number of rotatable bonds is 4. The van der Waals surface area contributed by atoms with E-state index in [0.717, 1.165) is 33.7 Å². The Bertz CT molecular complexity index is 1100. The van der Waals surface area contributed by atoms with Crippen molar-refractivity contribution >= 4 is 28.2 Å². The Kier molecular flexibility index (Phi) is 4.94. The number of hydrogen-bond acceptors (Lipinski definition) is 4. The highest BCUT2D eigenvalue weighted by Crippen LogP contribution is 2.44. The molecule has 4 rings (SSSR count). The van der Waals surface area contributed by atoms with Gasteiger partial charge in [0.15, 0.2) is 6.61 Å². The molecule has 0 spiro atoms. The highest BCUT2D eigenvalue weighted by Gasteiger charge is 2.30. The van der Waals surface area contributed by atoms with Gasteiger partial charge in [-0.1, -0.05) is 17.7 Å². The summed E-state index contributed by atoms with van der Waals surface area (Å²) >= 11 is 6.33. The number of alkyl halides is 3. The van der Waals surface area contributed by atoms with Crippen molar-refractivity contribution in [2.75, 3.05) is 25.6 Å². The molecule has 0 radical (unpaired) electrons. The van der Waals surface area contributed by atoms with E-state index in [2.05, 4.69) is 10.3 Å². The van der Waals surface area contributed by atoms with Gasteiger partial charge in [0, 0.05) is 17.5 Å². The first-order chi connectivity index (χ1) is 13.8. The van der Waals surface area contributed by atoms with Crippen molar-refractivity contribution < 1.29 is 22.6 Å². The molecule has 0 atom stereocenters. The van der Waals surface area contributed by atoms with Crippen LogP contribution in [0.25, 0.3) is 22.0 Å². The van der Waals surface area contributed by atoms with Gasteiger partial charge in [-0.25, -0.2) is 4.98 Å². The Morgan fingerprint density at radius 3 is 2.62 bits per heavy atom. The van der Waals surface area contributed by atoms with Gasteiger partial charge in [0.25, 0.3) is 0 Å². The van der Waals surface area contributed by atoms with Crippen LogP contribution in [0.3, 0.4) is 0 Å². The molecular weight excluding hydrogens is 405 g/mol. The number of aromatic nitrogens is 1. The molecule has 29 heavy (non-hydrogen) atoms. The van der Waals surface area contributed by atoms with Gasteiger partial charge in [-0.2, -0.15) is 13.2 Å². The third-order valence-corrected chi connectivity index (χ3v) is 5.26. The van der Waals surface area contributed by atoms with Crippen molar-refractivity contribution in [1.82, 2.24) is 4.98 Å². The number of methoxy groups -OCH3 is 1. The third-order valence-electron chi connectivity index (χ3n) is 4.94. The van der Waals surface area contributed by atoms with Crippen LogP contribution in [0.15, 0.2) is 30.3 Å². The number of pyridine rings is 1. The zero-order valence-electron chi connectivity index (χ0n) is 15.8. The van der Waals surface area contributed by atoms with Gasteiger partial charge in [0.05, 0.1) is 12.8 Å². The van der Waals surface area contributed by atoms with Gasteiger partial charge >= 0.3 is 6.18 Å². The number of fused-ring (bicyclic) bond motifs is 3. The summed E-state index contributed by atoms with van der Waals surface area (Å²) in [5.74, 6) is 0.774. The molecular formula is C21H18ClF3N2O2. The standard InChI is InChI=1S/C21H18ClF3N2O2/c1-11-9-12(28-2)3-4-13(11)14-5-6-16(29-10-21(23,24)25)19-17(14)18-15(7-8-26-18)20(22)27-19/h3-6,9,26H,7-8,10H2,1-2H3. The summed E-state index contributed by atoms with van der Waals surface area (Å²) in [6.07, 6.45) is -3.75. The molecule has 0 amide bonds. The maximum Gasteiger partial charge on any atom is 0.422 e. The first kappa shape index (κ1) is 19.6. The molecule has 1 N–H and O–H groups in total. The minimum absolute atomic E-state index is 0.0469. The SMILES string of the molecule is COc1ccc(-c2ccc(OCC(F)(F)F)c3nc(Cl)c4c(c23)NCC4)c(C)c1. The Balaban J connectivity index is 1.96. The molecule has 2 heterocycles. The summed E-state index contributed by atoms with van der Waals surface area (Å²) in [7, 11) is 1.60. The third kappa shape index (κ3) is 3.67. The molecule has 1 aromatic heterocycles. The van der Waals surface area contributed by atoms with Crippen LogP contribution in [0, 0.1) is 6.92 Å². The van der Waals surface area contributed by atoms with Gasteiger partial charge in [0.2, 0.25) is 0 Å². The lowest BCUT2D eigenvalue weighted by Gasteiger charge is -2.18. The van der Waals surface area contributed by atoms with Gasteiger partial charge in [0.1, 0.15) is 22.2 Å². The van der Waals surface area contributed by atoms with Crippen LogP contribution < -0.4 is 14.8 Å². The molecule has 0 aliphatic carbocycles. The highest BCUT2D eigenvalue weighted by molar-refractivity contribution is 6.32. The molecule has 0 unspecified atom stereocenters. The van der Waals surface area contributed by atoms with E-state index >= 15 is 0 Å². The number of ether oxygens (including phenoxy) is 2. The Morgan fingerprint density at radius 1 is 1.17 bits per heavy atom. The predicted molar refractivity (Wildman–Crippen MR) is 107 cm³/mol. The van der Waals surface area contributed by atoms with Crippen molar-refractivity contribution in [2.24, 2.45) is 0 Å². The minimum Gasteiger partial charge on any atom is -0.497 e. The molecule has 152 valence electrons. The van der Waals surface area contributed by atoms with Crippen LogP contribution in [-0.4, -0.2) is 31.4 Å². The van der Waals surface area contributed by atoms with Gasteiger partial charge in [-0.3, -0.25) is 0 Å². The monoisotopic (exact) mass is 422 g/mol. The number of hydrogen-bond donors (Lipinski definition) is 1. The molecule has 2 aromatic carbocycles. The fraction of sp³-hybridized carbons (Fsp3) is 0.286. The summed E-state index contributed by atoms with van der Waals surface area (Å²) in [6, 6.07) is 8.96. The van der Waals surface area contributed by atoms with Crippen LogP contribution in [0.5, 0.6) is 11.5 Å². The van der Waals surface area contributed by atoms with E-state index in [1.807, 2.05) is 25.1 Å². The molecule has 0 bridgehead atoms. The second kappa shape index (κ2) is 7.30. The second-order valence-electron chi connectivity index (χ2n) is 6.85. The Morgan fingerprint density at radius 2 is 1.93 bits per heavy atom. The van der Waals surface area contributed by atoms with E-state index in [0.29, 0.717) is 23.9 Å². The molecule has 1 aliphatic heterocycles. The number of nitrogens with zero attached hydrogens (tertiary/aromatic N) is 1. The van der Waals surface area contributed by atoms with E-state index in [1.165, 1.54) is 6.07 Å². The smallest absolute Gasteiger partial charge is 0.422 e. The fourth-order valence-electron chi connectivity index (χ4n) is 3.66. The van der Waals surface area contributed by atoms with Crippen LogP contribution >= 0.6 is 11.6 Å². The Labute approximate surface area is 170 Å². The first-order valence-electron chi connectivity index (χ1n) is 9.02. The molecule has 3 aromatic rings. The van der Waals surface area contributed by atoms with Gasteiger partial charge in [-0.05, 0) is 54.3 Å². The minimum atomic E-state index is -4.45. The lowest BCUT2D eigenvalue weighted by atomic mass is 9.94. The molecule has 8 heteroatoms. The highest BCUT2D eigenvalue weighted by atomic mass is 35.5. The van der Waals surface area contributed by atoms with Crippen molar-refractivity contribution in [3.63, 3.8) is 0 Å². The topological polar surface area (TPSA) is 43.4 Å². The quantitative estimate of drug-likeness (QED) is 0.541. The molecule has 4 nitrogen and oxygen atoms in total. The lowest BCUT2D eigenvalue weighted by Crippen LogP contribution is -2.19. The summed E-state index contributed by atoms with van der Waals surface area (Å²) in [5, 5.41) is 4.29. The average molecular weight is 423 g/mol. The lowest BCUT2D eigenvalue weighted by molar-refractivity contribution is -0.153. The van der Waals surface area contributed by atoms with Crippen LogP contribution in [0.1, 0.15) is 11.1 Å². The van der Waals surface area contributed by atoms with Crippen molar-refractivity contribution in [3.05, 3.63) is 46.6 Å². The average Bonchev–Trinajstić information content (AvgIpc) is 3.16. The maximum absolute atomic E-state index is 12.7. The Hall–Kier alpha value is -2.67. The fourth-order valence-corrected chi connectivity index (χ4v) is 3.93. The van der Waals surface area contributed by atoms with E-state index in [-0.39, 0.29) is 10.9 Å². The zero-order valence-corrected chi connectivity index (χ0v) is 16.5. The molecule has 1 aliphatic rings. The van der Waals surface area contributed by atoms with Crippen LogP contribution in [0.4, 0.5) is 18.9 Å². The number of nitrogens with one attached hydrogen (secondary N) is 1. The van der Waals surface area contributed by atoms with Gasteiger partial charge < -0.3 is 14.8 Å². The maximum atomic E-state index is 12.7. The predicted octanol–water partition coefficient (Wildman–Crippen LogP) is 5.78. The second-order valence-corrected chi connectivity index (χ2v) is 7.21. The van der Waals surface area contributed by atoms with Crippen molar-refractivity contribution in [1.29, 1.82) is 0 Å². The molecule has 0 saturated carbocycles. The largest absolute Gasteiger partial charge is 0.497 e. The number of halogens is 4. The first-order valence-corrected chi connectivity index (χ1v) is 9.40. The number of aryl methyl sites for hydroxylation is 1.